The molecule has 0 unspecified atom stereocenters. The summed E-state index contributed by atoms with van der Waals surface area (Å²) in [5, 5.41) is 14.5. The number of hydrogen-bond donors (Lipinski definition) is 1. The topological polar surface area (TPSA) is 122 Å². The van der Waals surface area contributed by atoms with E-state index >= 15 is 0 Å². The lowest BCUT2D eigenvalue weighted by Gasteiger charge is -2.25. The number of non-ortho nitro benzene ring substituents is 1. The number of rotatable bonds is 6. The van der Waals surface area contributed by atoms with Crippen LogP contribution in [0, 0.1) is 10.1 Å². The molecule has 1 aliphatic rings. The van der Waals surface area contributed by atoms with E-state index in [1.54, 1.807) is 0 Å². The third kappa shape index (κ3) is 5.04. The van der Waals surface area contributed by atoms with Crippen LogP contribution in [0.1, 0.15) is 35.2 Å². The van der Waals surface area contributed by atoms with E-state index in [0.29, 0.717) is 18.7 Å². The lowest BCUT2D eigenvalue weighted by atomic mass is 10.2. The number of nitrogens with zero attached hydrogens (tertiary/aromatic N) is 3. The van der Waals surface area contributed by atoms with Crippen molar-refractivity contribution in [1.29, 1.82) is 0 Å². The van der Waals surface area contributed by atoms with Crippen molar-refractivity contribution in [2.24, 2.45) is 5.10 Å². The molecule has 0 atom stereocenters. The zero-order chi connectivity index (χ0) is 20.9. The van der Waals surface area contributed by atoms with Crippen LogP contribution in [-0.2, 0) is 10.0 Å². The Morgan fingerprint density at radius 1 is 1.10 bits per heavy atom. The van der Waals surface area contributed by atoms with Crippen LogP contribution in [0.4, 0.5) is 5.69 Å². The van der Waals surface area contributed by atoms with Crippen molar-refractivity contribution in [2.45, 2.75) is 24.2 Å². The summed E-state index contributed by atoms with van der Waals surface area (Å²) in [4.78, 5) is 22.5. The van der Waals surface area contributed by atoms with E-state index in [1.807, 2.05) is 0 Å². The minimum atomic E-state index is -3.63. The van der Waals surface area contributed by atoms with Gasteiger partial charge >= 0.3 is 0 Å². The van der Waals surface area contributed by atoms with Crippen LogP contribution >= 0.6 is 0 Å². The minimum absolute atomic E-state index is 0.0436. The van der Waals surface area contributed by atoms with Gasteiger partial charge in [-0.3, -0.25) is 14.9 Å². The molecule has 1 aliphatic heterocycles. The maximum absolute atomic E-state index is 12.8. The van der Waals surface area contributed by atoms with Crippen molar-refractivity contribution < 1.29 is 18.1 Å². The van der Waals surface area contributed by atoms with Gasteiger partial charge in [0.05, 0.1) is 16.0 Å². The van der Waals surface area contributed by atoms with Gasteiger partial charge < -0.3 is 0 Å². The van der Waals surface area contributed by atoms with Gasteiger partial charge in [-0.1, -0.05) is 12.5 Å². The van der Waals surface area contributed by atoms with Gasteiger partial charge in [0.25, 0.3) is 11.6 Å². The molecule has 10 heteroatoms. The highest BCUT2D eigenvalue weighted by Crippen LogP contribution is 2.21. The van der Waals surface area contributed by atoms with Crippen LogP contribution in [0.5, 0.6) is 0 Å². The predicted octanol–water partition coefficient (Wildman–Crippen LogP) is 2.53. The van der Waals surface area contributed by atoms with E-state index in [9.17, 15) is 23.3 Å². The highest BCUT2D eigenvalue weighted by atomic mass is 32.2. The van der Waals surface area contributed by atoms with E-state index in [1.165, 1.54) is 59.1 Å². The van der Waals surface area contributed by atoms with Crippen LogP contribution in [0.3, 0.4) is 0 Å². The van der Waals surface area contributed by atoms with Gasteiger partial charge in [0.1, 0.15) is 0 Å². The van der Waals surface area contributed by atoms with Gasteiger partial charge in [0, 0.05) is 30.8 Å². The number of piperidine rings is 1. The van der Waals surface area contributed by atoms with Crippen LogP contribution in [-0.4, -0.2) is 42.9 Å². The van der Waals surface area contributed by atoms with Gasteiger partial charge in [0.15, 0.2) is 0 Å². The SMILES string of the molecule is O=C(NN=Cc1ccc([N+](=O)[O-])cc1)c1cccc(S(=O)(=O)N2CCCCC2)c1. The first-order valence-electron chi connectivity index (χ1n) is 9.06. The molecule has 2 aromatic carbocycles. The molecule has 0 bridgehead atoms. The number of hydrogen-bond acceptors (Lipinski definition) is 6. The van der Waals surface area contributed by atoms with Gasteiger partial charge in [-0.05, 0) is 48.7 Å². The molecule has 3 rings (SSSR count). The van der Waals surface area contributed by atoms with Gasteiger partial charge in [0.2, 0.25) is 10.0 Å². The number of benzene rings is 2. The Bertz CT molecular complexity index is 1030. The van der Waals surface area contributed by atoms with Crippen molar-refractivity contribution in [3.63, 3.8) is 0 Å². The number of carbonyl (C=O) groups excluding carboxylic acids is 1. The third-order valence-electron chi connectivity index (χ3n) is 4.53. The Balaban J connectivity index is 1.68. The Morgan fingerprint density at radius 2 is 1.79 bits per heavy atom. The second-order valence-corrected chi connectivity index (χ2v) is 8.48. The molecule has 0 aromatic heterocycles. The summed E-state index contributed by atoms with van der Waals surface area (Å²) < 4.78 is 27.0. The van der Waals surface area contributed by atoms with Gasteiger partial charge in [-0.2, -0.15) is 9.41 Å². The Morgan fingerprint density at radius 3 is 2.45 bits per heavy atom. The number of carbonyl (C=O) groups is 1. The summed E-state index contributed by atoms with van der Waals surface area (Å²) in [6, 6.07) is 11.5. The smallest absolute Gasteiger partial charge is 0.267 e. The maximum atomic E-state index is 12.8. The van der Waals surface area contributed by atoms with Crippen LogP contribution < -0.4 is 5.43 Å². The van der Waals surface area contributed by atoms with Crippen molar-refractivity contribution >= 4 is 27.8 Å². The standard InChI is InChI=1S/C19H20N4O5S/c24-19(21-20-14-15-7-9-17(10-8-15)23(25)26)16-5-4-6-18(13-16)29(27,28)22-11-2-1-3-12-22/h4-10,13-14H,1-3,11-12H2,(H,21,24). The fourth-order valence-corrected chi connectivity index (χ4v) is 4.53. The van der Waals surface area contributed by atoms with E-state index in [4.69, 9.17) is 0 Å². The summed E-state index contributed by atoms with van der Waals surface area (Å²) in [7, 11) is -3.63. The molecule has 29 heavy (non-hydrogen) atoms. The molecule has 152 valence electrons. The monoisotopic (exact) mass is 416 g/mol. The van der Waals surface area contributed by atoms with Crippen molar-refractivity contribution in [3.05, 3.63) is 69.8 Å². The quantitative estimate of drug-likeness (QED) is 0.440. The van der Waals surface area contributed by atoms with Crippen molar-refractivity contribution in [3.8, 4) is 0 Å². The minimum Gasteiger partial charge on any atom is -0.267 e. The number of nitrogens with one attached hydrogen (secondary N) is 1. The van der Waals surface area contributed by atoms with E-state index in [-0.39, 0.29) is 16.1 Å². The Hall–Kier alpha value is -3.11. The lowest BCUT2D eigenvalue weighted by molar-refractivity contribution is -0.384. The van der Waals surface area contributed by atoms with Gasteiger partial charge in [-0.15, -0.1) is 0 Å². The third-order valence-corrected chi connectivity index (χ3v) is 6.43. The van der Waals surface area contributed by atoms with E-state index in [2.05, 4.69) is 10.5 Å². The summed E-state index contributed by atoms with van der Waals surface area (Å²) in [6.45, 7) is 0.969. The summed E-state index contributed by atoms with van der Waals surface area (Å²) in [6.07, 6.45) is 4.02. The van der Waals surface area contributed by atoms with E-state index < -0.39 is 20.9 Å². The highest BCUT2D eigenvalue weighted by Gasteiger charge is 2.26. The summed E-state index contributed by atoms with van der Waals surface area (Å²) >= 11 is 0. The number of sulfonamides is 1. The Kier molecular flexibility index (Phi) is 6.35. The molecule has 0 spiro atoms. The number of amides is 1. The lowest BCUT2D eigenvalue weighted by Crippen LogP contribution is -2.35. The van der Waals surface area contributed by atoms with Gasteiger partial charge in [-0.25, -0.2) is 13.8 Å². The number of hydrazone groups is 1. The maximum Gasteiger partial charge on any atom is 0.271 e. The summed E-state index contributed by atoms with van der Waals surface area (Å²) in [5.41, 5.74) is 3.02. The van der Waals surface area contributed by atoms with Crippen molar-refractivity contribution in [1.82, 2.24) is 9.73 Å². The highest BCUT2D eigenvalue weighted by molar-refractivity contribution is 7.89. The number of nitro groups is 1. The first kappa shape index (κ1) is 20.6. The summed E-state index contributed by atoms with van der Waals surface area (Å²) in [5.74, 6) is -0.557. The molecule has 0 saturated carbocycles. The zero-order valence-electron chi connectivity index (χ0n) is 15.5. The van der Waals surface area contributed by atoms with E-state index in [0.717, 1.165) is 19.3 Å². The molecular formula is C19H20N4O5S. The van der Waals surface area contributed by atoms with Crippen LogP contribution in [0.15, 0.2) is 58.5 Å². The first-order valence-corrected chi connectivity index (χ1v) is 10.5. The largest absolute Gasteiger partial charge is 0.271 e. The molecule has 1 saturated heterocycles. The molecule has 1 fully saturated rings. The Labute approximate surface area is 168 Å². The van der Waals surface area contributed by atoms with Crippen molar-refractivity contribution in [2.75, 3.05) is 13.1 Å². The molecule has 2 aromatic rings. The molecule has 1 amide bonds. The molecular weight excluding hydrogens is 396 g/mol. The fourth-order valence-electron chi connectivity index (χ4n) is 2.96. The normalized spacial score (nSPS) is 15.3. The molecule has 9 nitrogen and oxygen atoms in total. The molecule has 1 heterocycles. The second kappa shape index (κ2) is 8.93. The first-order chi connectivity index (χ1) is 13.9. The predicted molar refractivity (Wildman–Crippen MR) is 107 cm³/mol. The van der Waals surface area contributed by atoms with Crippen LogP contribution in [0.25, 0.3) is 0 Å². The fraction of sp³-hybridized carbons (Fsp3) is 0.263. The molecule has 0 radical (unpaired) electrons. The molecule has 0 aliphatic carbocycles. The second-order valence-electron chi connectivity index (χ2n) is 6.54. The number of nitro benzene ring substituents is 1. The van der Waals surface area contributed by atoms with Crippen LogP contribution in [0.2, 0.25) is 0 Å². The molecule has 1 N–H and O–H groups in total. The average molecular weight is 416 g/mol. The zero-order valence-corrected chi connectivity index (χ0v) is 16.3. The average Bonchev–Trinajstić information content (AvgIpc) is 2.74.